The molecular formula is C21H23F3N4O3S. The van der Waals surface area contributed by atoms with E-state index in [9.17, 15) is 27.6 Å². The zero-order chi connectivity index (χ0) is 23.3. The van der Waals surface area contributed by atoms with Crippen LogP contribution in [0.3, 0.4) is 0 Å². The maximum absolute atomic E-state index is 13.1. The zero-order valence-electron chi connectivity index (χ0n) is 17.4. The number of nitrogens with zero attached hydrogens (tertiary/aromatic N) is 2. The van der Waals surface area contributed by atoms with E-state index in [1.807, 2.05) is 13.0 Å². The molecule has 2 aromatic rings. The number of alkyl halides is 3. The molecule has 2 N–H and O–H groups in total. The van der Waals surface area contributed by atoms with Crippen molar-refractivity contribution in [1.82, 2.24) is 15.1 Å². The van der Waals surface area contributed by atoms with Crippen molar-refractivity contribution >= 4 is 34.7 Å². The second-order valence-corrected chi connectivity index (χ2v) is 8.63. The van der Waals surface area contributed by atoms with Gasteiger partial charge in [0.05, 0.1) is 29.2 Å². The van der Waals surface area contributed by atoms with Crippen LogP contribution in [-0.2, 0) is 15.8 Å². The molecule has 1 aromatic heterocycles. The third kappa shape index (κ3) is 6.30. The average molecular weight is 469 g/mol. The molecule has 1 saturated heterocycles. The highest BCUT2D eigenvalue weighted by molar-refractivity contribution is 7.13. The smallest absolute Gasteiger partial charge is 0.342 e. The average Bonchev–Trinajstić information content (AvgIpc) is 3.18. The van der Waals surface area contributed by atoms with Gasteiger partial charge in [-0.25, -0.2) is 0 Å². The molecule has 0 unspecified atom stereocenters. The quantitative estimate of drug-likeness (QED) is 0.683. The van der Waals surface area contributed by atoms with Crippen LogP contribution in [0.4, 0.5) is 18.9 Å². The molecule has 0 radical (unpaired) electrons. The SMILES string of the molecule is Cc1ccc(C(=O)NCC(=O)N2CCN(CC(=O)Nc3ccccc3C(F)(F)F)CC2)s1. The van der Waals surface area contributed by atoms with Crippen molar-refractivity contribution < 1.29 is 27.6 Å². The lowest BCUT2D eigenvalue weighted by atomic mass is 10.1. The van der Waals surface area contributed by atoms with E-state index < -0.39 is 17.6 Å². The van der Waals surface area contributed by atoms with E-state index in [4.69, 9.17) is 0 Å². The lowest BCUT2D eigenvalue weighted by Gasteiger charge is -2.34. The van der Waals surface area contributed by atoms with Gasteiger partial charge in [0.15, 0.2) is 0 Å². The molecule has 0 atom stereocenters. The molecular weight excluding hydrogens is 445 g/mol. The van der Waals surface area contributed by atoms with Gasteiger partial charge in [-0.05, 0) is 31.2 Å². The van der Waals surface area contributed by atoms with E-state index in [0.29, 0.717) is 31.1 Å². The minimum Gasteiger partial charge on any atom is -0.342 e. The number of thiophene rings is 1. The molecule has 0 bridgehead atoms. The summed E-state index contributed by atoms with van der Waals surface area (Å²) in [7, 11) is 0. The molecule has 0 aliphatic carbocycles. The minimum atomic E-state index is -4.56. The number of para-hydroxylation sites is 1. The maximum atomic E-state index is 13.1. The number of carbonyl (C=O) groups is 3. The topological polar surface area (TPSA) is 81.8 Å². The Morgan fingerprint density at radius 3 is 2.34 bits per heavy atom. The van der Waals surface area contributed by atoms with Crippen LogP contribution >= 0.6 is 11.3 Å². The fourth-order valence-corrected chi connectivity index (χ4v) is 4.08. The number of anilines is 1. The minimum absolute atomic E-state index is 0.0807. The van der Waals surface area contributed by atoms with Gasteiger partial charge < -0.3 is 15.5 Å². The highest BCUT2D eigenvalue weighted by atomic mass is 32.1. The molecule has 32 heavy (non-hydrogen) atoms. The molecule has 1 aliphatic heterocycles. The lowest BCUT2D eigenvalue weighted by Crippen LogP contribution is -2.52. The molecule has 172 valence electrons. The summed E-state index contributed by atoms with van der Waals surface area (Å²) >= 11 is 1.35. The summed E-state index contributed by atoms with van der Waals surface area (Å²) in [5.41, 5.74) is -1.18. The van der Waals surface area contributed by atoms with E-state index in [1.165, 1.54) is 29.5 Å². The van der Waals surface area contributed by atoms with Gasteiger partial charge in [0.2, 0.25) is 11.8 Å². The number of aryl methyl sites for hydroxylation is 1. The zero-order valence-corrected chi connectivity index (χ0v) is 18.2. The summed E-state index contributed by atoms with van der Waals surface area (Å²) in [4.78, 5) is 41.6. The second-order valence-electron chi connectivity index (χ2n) is 7.34. The Hall–Kier alpha value is -2.92. The number of halogens is 3. The number of rotatable bonds is 6. The van der Waals surface area contributed by atoms with Crippen molar-refractivity contribution in [3.05, 3.63) is 51.7 Å². The molecule has 7 nitrogen and oxygen atoms in total. The molecule has 3 amide bonds. The van der Waals surface area contributed by atoms with Crippen molar-refractivity contribution in [1.29, 1.82) is 0 Å². The Labute approximate surface area is 187 Å². The summed E-state index contributed by atoms with van der Waals surface area (Å²) in [5.74, 6) is -1.08. The van der Waals surface area contributed by atoms with E-state index >= 15 is 0 Å². The van der Waals surface area contributed by atoms with Gasteiger partial charge in [-0.2, -0.15) is 13.2 Å². The van der Waals surface area contributed by atoms with Gasteiger partial charge in [-0.15, -0.1) is 11.3 Å². The summed E-state index contributed by atoms with van der Waals surface area (Å²) in [6.45, 7) is 3.21. The number of piperazine rings is 1. The van der Waals surface area contributed by atoms with Gasteiger partial charge in [0.25, 0.3) is 5.91 Å². The molecule has 1 aromatic carbocycles. The Morgan fingerprint density at radius 2 is 1.72 bits per heavy atom. The summed E-state index contributed by atoms with van der Waals surface area (Å²) < 4.78 is 39.2. The monoisotopic (exact) mass is 468 g/mol. The molecule has 0 spiro atoms. The van der Waals surface area contributed by atoms with Crippen LogP contribution in [0, 0.1) is 6.92 Å². The van der Waals surface area contributed by atoms with E-state index in [1.54, 1.807) is 15.9 Å². The summed E-state index contributed by atoms with van der Waals surface area (Å²) in [6, 6.07) is 8.35. The first-order chi connectivity index (χ1) is 15.1. The van der Waals surface area contributed by atoms with Crippen LogP contribution in [0.15, 0.2) is 36.4 Å². The van der Waals surface area contributed by atoms with Crippen molar-refractivity contribution in [2.75, 3.05) is 44.6 Å². The third-order valence-corrected chi connectivity index (χ3v) is 5.96. The van der Waals surface area contributed by atoms with Crippen LogP contribution in [0.25, 0.3) is 0 Å². The van der Waals surface area contributed by atoms with Crippen LogP contribution in [0.2, 0.25) is 0 Å². The first-order valence-electron chi connectivity index (χ1n) is 9.94. The van der Waals surface area contributed by atoms with Gasteiger partial charge in [0.1, 0.15) is 0 Å². The Balaban J connectivity index is 1.43. The van der Waals surface area contributed by atoms with E-state index in [0.717, 1.165) is 10.9 Å². The number of hydrogen-bond donors (Lipinski definition) is 2. The molecule has 2 heterocycles. The Morgan fingerprint density at radius 1 is 1.03 bits per heavy atom. The van der Waals surface area contributed by atoms with Crippen molar-refractivity contribution in [2.24, 2.45) is 0 Å². The van der Waals surface area contributed by atoms with Gasteiger partial charge in [0, 0.05) is 31.1 Å². The molecule has 3 rings (SSSR count). The maximum Gasteiger partial charge on any atom is 0.418 e. The van der Waals surface area contributed by atoms with Crippen LogP contribution in [-0.4, -0.2) is 66.8 Å². The van der Waals surface area contributed by atoms with Crippen molar-refractivity contribution in [2.45, 2.75) is 13.1 Å². The molecule has 1 aliphatic rings. The fourth-order valence-electron chi connectivity index (χ4n) is 3.30. The summed E-state index contributed by atoms with van der Waals surface area (Å²) in [6.07, 6.45) is -4.56. The highest BCUT2D eigenvalue weighted by Gasteiger charge is 2.33. The Kier molecular flexibility index (Phi) is 7.52. The Bertz CT molecular complexity index is 985. The number of benzene rings is 1. The third-order valence-electron chi connectivity index (χ3n) is 4.96. The first kappa shape index (κ1) is 23.7. The van der Waals surface area contributed by atoms with Gasteiger partial charge in [-0.3, -0.25) is 19.3 Å². The molecule has 1 fully saturated rings. The van der Waals surface area contributed by atoms with Crippen molar-refractivity contribution in [3.8, 4) is 0 Å². The first-order valence-corrected chi connectivity index (χ1v) is 10.8. The molecule has 11 heteroatoms. The molecule has 0 saturated carbocycles. The number of nitrogens with one attached hydrogen (secondary N) is 2. The van der Waals surface area contributed by atoms with Gasteiger partial charge in [-0.1, -0.05) is 12.1 Å². The normalized spacial score (nSPS) is 14.8. The largest absolute Gasteiger partial charge is 0.418 e. The van der Waals surface area contributed by atoms with Crippen molar-refractivity contribution in [3.63, 3.8) is 0 Å². The fraction of sp³-hybridized carbons (Fsp3) is 0.381. The summed E-state index contributed by atoms with van der Waals surface area (Å²) in [5, 5.41) is 4.93. The van der Waals surface area contributed by atoms with Crippen LogP contribution in [0.5, 0.6) is 0 Å². The number of amides is 3. The number of hydrogen-bond acceptors (Lipinski definition) is 5. The number of carbonyl (C=O) groups excluding carboxylic acids is 3. The lowest BCUT2D eigenvalue weighted by molar-refractivity contribution is -0.137. The predicted octanol–water partition coefficient (Wildman–Crippen LogP) is 2.59. The predicted molar refractivity (Wildman–Crippen MR) is 114 cm³/mol. The van der Waals surface area contributed by atoms with Crippen LogP contribution < -0.4 is 10.6 Å². The standard InChI is InChI=1S/C21H23F3N4O3S/c1-14-6-7-17(32-14)20(31)25-12-19(30)28-10-8-27(9-11-28)13-18(29)26-16-5-3-2-4-15(16)21(22,23)24/h2-7H,8-13H2,1H3,(H,25,31)(H,26,29). The van der Waals surface area contributed by atoms with Gasteiger partial charge >= 0.3 is 6.18 Å². The second kappa shape index (κ2) is 10.1. The van der Waals surface area contributed by atoms with E-state index in [-0.39, 0.29) is 30.6 Å². The van der Waals surface area contributed by atoms with Crippen LogP contribution in [0.1, 0.15) is 20.1 Å². The highest BCUT2D eigenvalue weighted by Crippen LogP contribution is 2.34. The van der Waals surface area contributed by atoms with E-state index in [2.05, 4.69) is 10.6 Å².